The molecule has 1 unspecified atom stereocenters. The molecule has 3 heteroatoms. The summed E-state index contributed by atoms with van der Waals surface area (Å²) in [5, 5.41) is 0.760. The van der Waals surface area contributed by atoms with Gasteiger partial charge in [0.15, 0.2) is 0 Å². The molecule has 2 aromatic rings. The van der Waals surface area contributed by atoms with E-state index in [0.29, 0.717) is 6.61 Å². The molecule has 0 amide bonds. The molecule has 1 nitrogen and oxygen atoms in total. The maximum absolute atomic E-state index is 6.07. The Morgan fingerprint density at radius 3 is 2.47 bits per heavy atom. The van der Waals surface area contributed by atoms with E-state index in [0.717, 1.165) is 10.8 Å². The maximum atomic E-state index is 6.07. The van der Waals surface area contributed by atoms with E-state index in [4.69, 9.17) is 16.3 Å². The monoisotopic (exact) mass is 338 g/mol. The minimum atomic E-state index is 0.141. The van der Waals surface area contributed by atoms with Gasteiger partial charge in [-0.3, -0.25) is 0 Å². The molecule has 2 aromatic carbocycles. The number of benzene rings is 2. The third-order valence-electron chi connectivity index (χ3n) is 3.00. The maximum Gasteiger partial charge on any atom is 0.119 e. The van der Waals surface area contributed by atoms with Crippen molar-refractivity contribution >= 4 is 27.5 Å². The fourth-order valence-electron chi connectivity index (χ4n) is 1.96. The molecule has 19 heavy (non-hydrogen) atoms. The van der Waals surface area contributed by atoms with Crippen molar-refractivity contribution in [3.8, 4) is 5.75 Å². The lowest BCUT2D eigenvalue weighted by molar-refractivity contribution is 0.340. The van der Waals surface area contributed by atoms with Crippen molar-refractivity contribution in [2.45, 2.75) is 18.7 Å². The number of hydrogen-bond acceptors (Lipinski definition) is 1. The zero-order valence-corrected chi connectivity index (χ0v) is 13.3. The summed E-state index contributed by atoms with van der Waals surface area (Å²) in [6.45, 7) is 4.76. The van der Waals surface area contributed by atoms with Crippen molar-refractivity contribution in [1.82, 2.24) is 0 Å². The molecule has 0 bridgehead atoms. The van der Waals surface area contributed by atoms with Crippen LogP contribution in [0.2, 0.25) is 5.02 Å². The minimum absolute atomic E-state index is 0.141. The van der Waals surface area contributed by atoms with Crippen LogP contribution in [0.5, 0.6) is 5.75 Å². The first-order chi connectivity index (χ1) is 9.11. The molecule has 0 fully saturated rings. The van der Waals surface area contributed by atoms with Crippen LogP contribution in [0.3, 0.4) is 0 Å². The molecule has 100 valence electrons. The lowest BCUT2D eigenvalue weighted by Gasteiger charge is -2.14. The summed E-state index contributed by atoms with van der Waals surface area (Å²) in [6.07, 6.45) is 0. The molecule has 0 aliphatic heterocycles. The smallest absolute Gasteiger partial charge is 0.119 e. The predicted molar refractivity (Wildman–Crippen MR) is 84.6 cm³/mol. The SMILES string of the molecule is CCOc1ccc(C(Br)c2cc(Cl)ccc2C)cc1. The van der Waals surface area contributed by atoms with Crippen LogP contribution in [-0.4, -0.2) is 6.61 Å². The Bertz CT molecular complexity index is 551. The van der Waals surface area contributed by atoms with E-state index in [2.05, 4.69) is 35.0 Å². The van der Waals surface area contributed by atoms with E-state index < -0.39 is 0 Å². The summed E-state index contributed by atoms with van der Waals surface area (Å²) >= 11 is 9.82. The van der Waals surface area contributed by atoms with E-state index >= 15 is 0 Å². The second-order valence-corrected chi connectivity index (χ2v) is 5.72. The van der Waals surface area contributed by atoms with E-state index in [-0.39, 0.29) is 4.83 Å². The molecular weight excluding hydrogens is 324 g/mol. The van der Waals surface area contributed by atoms with Gasteiger partial charge < -0.3 is 4.74 Å². The fraction of sp³-hybridized carbons (Fsp3) is 0.250. The summed E-state index contributed by atoms with van der Waals surface area (Å²) in [4.78, 5) is 0.141. The Kier molecular flexibility index (Phi) is 4.89. The highest BCUT2D eigenvalue weighted by Gasteiger charge is 2.13. The van der Waals surface area contributed by atoms with Gasteiger partial charge in [-0.2, -0.15) is 0 Å². The normalized spacial score (nSPS) is 12.2. The van der Waals surface area contributed by atoms with Gasteiger partial charge in [0.1, 0.15) is 5.75 Å². The van der Waals surface area contributed by atoms with E-state index in [9.17, 15) is 0 Å². The van der Waals surface area contributed by atoms with Crippen molar-refractivity contribution < 1.29 is 4.74 Å². The number of alkyl halides is 1. The summed E-state index contributed by atoms with van der Waals surface area (Å²) in [5.41, 5.74) is 3.60. The molecule has 0 spiro atoms. The minimum Gasteiger partial charge on any atom is -0.494 e. The summed E-state index contributed by atoms with van der Waals surface area (Å²) in [6, 6.07) is 14.1. The van der Waals surface area contributed by atoms with Crippen molar-refractivity contribution in [2.75, 3.05) is 6.61 Å². The first kappa shape index (κ1) is 14.4. The third-order valence-corrected chi connectivity index (χ3v) is 4.26. The molecule has 2 rings (SSSR count). The Morgan fingerprint density at radius 1 is 1.16 bits per heavy atom. The zero-order valence-electron chi connectivity index (χ0n) is 11.0. The van der Waals surface area contributed by atoms with Crippen molar-refractivity contribution in [1.29, 1.82) is 0 Å². The average Bonchev–Trinajstić information content (AvgIpc) is 2.42. The Balaban J connectivity index is 2.27. The number of hydrogen-bond donors (Lipinski definition) is 0. The molecule has 0 N–H and O–H groups in total. The van der Waals surface area contributed by atoms with Crippen molar-refractivity contribution in [3.63, 3.8) is 0 Å². The molecule has 0 saturated heterocycles. The van der Waals surface area contributed by atoms with Crippen LogP contribution in [0.1, 0.15) is 28.4 Å². The molecule has 0 aliphatic carbocycles. The zero-order chi connectivity index (χ0) is 13.8. The van der Waals surface area contributed by atoms with Gasteiger partial charge in [-0.05, 0) is 54.8 Å². The lowest BCUT2D eigenvalue weighted by atomic mass is 10.0. The first-order valence-electron chi connectivity index (χ1n) is 6.24. The van der Waals surface area contributed by atoms with Crippen molar-refractivity contribution in [2.24, 2.45) is 0 Å². The molecular formula is C16H16BrClO. The second-order valence-electron chi connectivity index (χ2n) is 4.37. The number of aryl methyl sites for hydroxylation is 1. The summed E-state index contributed by atoms with van der Waals surface area (Å²) in [7, 11) is 0. The topological polar surface area (TPSA) is 9.23 Å². The van der Waals surface area contributed by atoms with Crippen LogP contribution in [0.25, 0.3) is 0 Å². The lowest BCUT2D eigenvalue weighted by Crippen LogP contribution is -1.97. The van der Waals surface area contributed by atoms with Crippen LogP contribution in [-0.2, 0) is 0 Å². The molecule has 0 aromatic heterocycles. The van der Waals surface area contributed by atoms with Crippen LogP contribution in [0.15, 0.2) is 42.5 Å². The number of ether oxygens (including phenoxy) is 1. The standard InChI is InChI=1S/C16H16BrClO/c1-3-19-14-8-5-12(6-9-14)16(17)15-10-13(18)7-4-11(15)2/h4-10,16H,3H2,1-2H3. The van der Waals surface area contributed by atoms with E-state index in [1.54, 1.807) is 0 Å². The highest BCUT2D eigenvalue weighted by Crippen LogP contribution is 2.34. The molecule has 0 aliphatic rings. The third kappa shape index (κ3) is 3.52. The van der Waals surface area contributed by atoms with E-state index in [1.807, 2.05) is 37.3 Å². The van der Waals surface area contributed by atoms with Crippen LogP contribution >= 0.6 is 27.5 Å². The van der Waals surface area contributed by atoms with Gasteiger partial charge >= 0.3 is 0 Å². The quantitative estimate of drug-likeness (QED) is 0.665. The highest BCUT2D eigenvalue weighted by molar-refractivity contribution is 9.09. The van der Waals surface area contributed by atoms with Crippen LogP contribution < -0.4 is 4.74 Å². The van der Waals surface area contributed by atoms with Crippen molar-refractivity contribution in [3.05, 3.63) is 64.2 Å². The second kappa shape index (κ2) is 6.44. The van der Waals surface area contributed by atoms with Gasteiger partial charge in [-0.1, -0.05) is 45.7 Å². The number of rotatable bonds is 4. The van der Waals surface area contributed by atoms with Gasteiger partial charge in [-0.25, -0.2) is 0 Å². The van der Waals surface area contributed by atoms with Gasteiger partial charge in [0.05, 0.1) is 11.4 Å². The Hall–Kier alpha value is -0.990. The summed E-state index contributed by atoms with van der Waals surface area (Å²) in [5.74, 6) is 0.897. The molecule has 1 atom stereocenters. The molecule has 0 heterocycles. The average molecular weight is 340 g/mol. The van der Waals surface area contributed by atoms with Gasteiger partial charge in [0.2, 0.25) is 0 Å². The van der Waals surface area contributed by atoms with E-state index in [1.165, 1.54) is 16.7 Å². The highest BCUT2D eigenvalue weighted by atomic mass is 79.9. The Morgan fingerprint density at radius 2 is 1.84 bits per heavy atom. The van der Waals surface area contributed by atoms with Gasteiger partial charge in [0.25, 0.3) is 0 Å². The van der Waals surface area contributed by atoms with Crippen LogP contribution in [0, 0.1) is 6.92 Å². The predicted octanol–water partition coefficient (Wildman–Crippen LogP) is 5.53. The van der Waals surface area contributed by atoms with Gasteiger partial charge in [-0.15, -0.1) is 0 Å². The molecule has 0 radical (unpaired) electrons. The molecule has 0 saturated carbocycles. The van der Waals surface area contributed by atoms with Crippen LogP contribution in [0.4, 0.5) is 0 Å². The number of halogens is 2. The first-order valence-corrected chi connectivity index (χ1v) is 7.54. The fourth-order valence-corrected chi connectivity index (χ4v) is 2.94. The summed E-state index contributed by atoms with van der Waals surface area (Å²) < 4.78 is 5.45. The van der Waals surface area contributed by atoms with Gasteiger partial charge in [0, 0.05) is 5.02 Å². The largest absolute Gasteiger partial charge is 0.494 e. The Labute approximate surface area is 127 Å².